The number of hydrogen-bond acceptors (Lipinski definition) is 9. The molecule has 0 fully saturated rings. The first-order valence-corrected chi connectivity index (χ1v) is 17.5. The zero-order valence-corrected chi connectivity index (χ0v) is 25.7. The first-order valence-electron chi connectivity index (χ1n) is 8.61. The van der Waals surface area contributed by atoms with Crippen LogP contribution in [-0.4, -0.2) is 0 Å². The van der Waals surface area contributed by atoms with Gasteiger partial charge in [-0.3, -0.25) is 0 Å². The van der Waals surface area contributed by atoms with Gasteiger partial charge in [0.2, 0.25) is 0 Å². The summed E-state index contributed by atoms with van der Waals surface area (Å²) < 4.78 is 13.0. The fourth-order valence-electron chi connectivity index (χ4n) is 2.34. The van der Waals surface area contributed by atoms with Crippen molar-refractivity contribution in [2.75, 3.05) is 0 Å². The van der Waals surface area contributed by atoms with E-state index in [1.54, 1.807) is 22.7 Å². The molecule has 0 radical (unpaired) electrons. The summed E-state index contributed by atoms with van der Waals surface area (Å²) in [6, 6.07) is 22.0. The Morgan fingerprint density at radius 2 is 0.581 bits per heavy atom. The van der Waals surface area contributed by atoms with Gasteiger partial charge in [-0.1, -0.05) is 47.0 Å². The smallest absolute Gasteiger partial charge is 0.0710 e. The van der Waals surface area contributed by atoms with Crippen molar-refractivity contribution in [3.8, 4) is 0 Å². The molecule has 0 N–H and O–H groups in total. The van der Waals surface area contributed by atoms with Crippen LogP contribution < -0.4 is 0 Å². The molecular weight excluding hydrogens is 689 g/mol. The molecule has 0 aromatic carbocycles. The van der Waals surface area contributed by atoms with Crippen molar-refractivity contribution < 1.29 is 0 Å². The molecule has 0 aliphatic heterocycles. The molecule has 5 rings (SSSR count). The van der Waals surface area contributed by atoms with Gasteiger partial charge in [0, 0.05) is 0 Å². The molecule has 5 aromatic heterocycles. The van der Waals surface area contributed by atoms with Gasteiger partial charge < -0.3 is 0 Å². The third-order valence-electron chi connectivity index (χ3n) is 3.57. The van der Waals surface area contributed by atoms with Crippen LogP contribution in [0.1, 0.15) is 0 Å². The lowest BCUT2D eigenvalue weighted by Gasteiger charge is -1.95. The lowest BCUT2D eigenvalue weighted by atomic mass is 10.7. The number of halogens is 2. The van der Waals surface area contributed by atoms with Gasteiger partial charge in [0.25, 0.3) is 0 Å². The molecule has 0 atom stereocenters. The van der Waals surface area contributed by atoms with E-state index in [4.69, 9.17) is 0 Å². The number of hydrogen-bond donors (Lipinski definition) is 0. The Morgan fingerprint density at radius 3 is 0.806 bits per heavy atom. The van der Waals surface area contributed by atoms with Crippen LogP contribution in [0.15, 0.2) is 102 Å². The Hall–Kier alpha value is 0.860. The first-order chi connectivity index (χ1) is 15.1. The SMILES string of the molecule is Brc1ccc(Sc2ccc(Sc3ccc(Sc4ccc(Sc5ccc(Br)s5)s4)s3)s2)s1. The summed E-state index contributed by atoms with van der Waals surface area (Å²) in [4.78, 5) is 0. The summed E-state index contributed by atoms with van der Waals surface area (Å²) in [6.45, 7) is 0. The summed E-state index contributed by atoms with van der Waals surface area (Å²) in [5.41, 5.74) is 0. The topological polar surface area (TPSA) is 0 Å². The van der Waals surface area contributed by atoms with Gasteiger partial charge in [0.05, 0.1) is 41.2 Å². The predicted molar refractivity (Wildman–Crippen MR) is 153 cm³/mol. The highest BCUT2D eigenvalue weighted by Crippen LogP contribution is 2.47. The van der Waals surface area contributed by atoms with E-state index in [0.29, 0.717) is 0 Å². The van der Waals surface area contributed by atoms with E-state index in [9.17, 15) is 0 Å². The van der Waals surface area contributed by atoms with Gasteiger partial charge in [-0.05, 0) is 92.5 Å². The van der Waals surface area contributed by atoms with Crippen molar-refractivity contribution in [2.45, 2.75) is 33.7 Å². The van der Waals surface area contributed by atoms with Crippen molar-refractivity contribution >= 4 is 136 Å². The van der Waals surface area contributed by atoms with Crippen molar-refractivity contribution in [3.05, 3.63) is 68.2 Å². The molecule has 11 heteroatoms. The van der Waals surface area contributed by atoms with Crippen LogP contribution in [0.25, 0.3) is 0 Å². The fourth-order valence-corrected chi connectivity index (χ4v) is 15.3. The van der Waals surface area contributed by atoms with Gasteiger partial charge in [0.1, 0.15) is 0 Å². The van der Waals surface area contributed by atoms with Crippen LogP contribution in [0.5, 0.6) is 0 Å². The van der Waals surface area contributed by atoms with Crippen LogP contribution in [0, 0.1) is 0 Å². The Labute approximate surface area is 234 Å². The molecule has 0 saturated heterocycles. The predicted octanol–water partition coefficient (Wildman–Crippen LogP) is 12.1. The molecule has 0 saturated carbocycles. The first kappa shape index (κ1) is 23.6. The molecule has 5 heterocycles. The average Bonchev–Trinajstić information content (AvgIpc) is 3.54. The third-order valence-corrected chi connectivity index (χ3v) is 15.1. The molecule has 0 nitrogen and oxygen atoms in total. The van der Waals surface area contributed by atoms with Crippen LogP contribution >= 0.6 is 136 Å². The Bertz CT molecular complexity index is 1190. The van der Waals surface area contributed by atoms with Crippen molar-refractivity contribution in [1.82, 2.24) is 0 Å². The normalized spacial score (nSPS) is 11.4. The molecule has 158 valence electrons. The third kappa shape index (κ3) is 6.72. The summed E-state index contributed by atoms with van der Waals surface area (Å²) in [6.07, 6.45) is 0. The highest BCUT2D eigenvalue weighted by molar-refractivity contribution is 9.11. The summed E-state index contributed by atoms with van der Waals surface area (Å²) >= 11 is 23.7. The molecule has 0 bridgehead atoms. The summed E-state index contributed by atoms with van der Waals surface area (Å²) in [5, 5.41) is 0. The monoisotopic (exact) mass is 696 g/mol. The Morgan fingerprint density at radius 1 is 0.355 bits per heavy atom. The lowest BCUT2D eigenvalue weighted by Crippen LogP contribution is -1.57. The largest absolute Gasteiger partial charge is 0.122 e. The van der Waals surface area contributed by atoms with E-state index in [-0.39, 0.29) is 0 Å². The van der Waals surface area contributed by atoms with Crippen molar-refractivity contribution in [2.24, 2.45) is 0 Å². The minimum Gasteiger partial charge on any atom is -0.122 e. The van der Waals surface area contributed by atoms with E-state index in [0.717, 1.165) is 0 Å². The minimum atomic E-state index is 1.18. The van der Waals surface area contributed by atoms with E-state index < -0.39 is 0 Å². The van der Waals surface area contributed by atoms with Gasteiger partial charge in [0.15, 0.2) is 0 Å². The maximum atomic E-state index is 3.54. The van der Waals surface area contributed by atoms with Crippen molar-refractivity contribution in [3.63, 3.8) is 0 Å². The zero-order chi connectivity index (χ0) is 21.2. The maximum Gasteiger partial charge on any atom is 0.0710 e. The number of thiophene rings is 5. The molecule has 0 unspecified atom stereocenters. The average molecular weight is 699 g/mol. The molecule has 0 spiro atoms. The van der Waals surface area contributed by atoms with Gasteiger partial charge in [-0.2, -0.15) is 0 Å². The lowest BCUT2D eigenvalue weighted by molar-refractivity contribution is 1.62. The molecule has 0 amide bonds. The highest BCUT2D eigenvalue weighted by atomic mass is 79.9. The minimum absolute atomic E-state index is 1.18. The second kappa shape index (κ2) is 11.1. The molecule has 0 aliphatic rings. The van der Waals surface area contributed by atoms with E-state index in [2.05, 4.69) is 92.5 Å². The quantitative estimate of drug-likeness (QED) is 0.158. The standard InChI is InChI=1S/C20H10Br2S9/c21-11-1-3-13(23-11)25-15-5-7-17(27-15)29-19-9-10-20(31-19)30-18-8-6-16(28-18)26-14-4-2-12(22)24-14/h1-10H. The highest BCUT2D eigenvalue weighted by Gasteiger charge is 2.10. The van der Waals surface area contributed by atoms with Gasteiger partial charge in [-0.25, -0.2) is 0 Å². The molecular formula is C20H10Br2S9. The Balaban J connectivity index is 1.18. The van der Waals surface area contributed by atoms with E-state index in [1.165, 1.54) is 41.2 Å². The molecule has 31 heavy (non-hydrogen) atoms. The van der Waals surface area contributed by atoms with E-state index >= 15 is 0 Å². The van der Waals surface area contributed by atoms with Gasteiger partial charge >= 0.3 is 0 Å². The number of rotatable bonds is 8. The van der Waals surface area contributed by atoms with Crippen molar-refractivity contribution in [1.29, 1.82) is 0 Å². The zero-order valence-electron chi connectivity index (χ0n) is 15.2. The van der Waals surface area contributed by atoms with Crippen LogP contribution in [-0.2, 0) is 0 Å². The van der Waals surface area contributed by atoms with Crippen LogP contribution in [0.3, 0.4) is 0 Å². The Kier molecular flexibility index (Phi) is 8.42. The molecule has 0 aliphatic carbocycles. The second-order valence-corrected chi connectivity index (χ2v) is 20.3. The second-order valence-electron chi connectivity index (χ2n) is 5.75. The van der Waals surface area contributed by atoms with E-state index in [1.807, 2.05) is 81.1 Å². The summed E-state index contributed by atoms with van der Waals surface area (Å²) in [5.74, 6) is 0. The fraction of sp³-hybridized carbons (Fsp3) is 0. The van der Waals surface area contributed by atoms with Gasteiger partial charge in [-0.15, -0.1) is 56.7 Å². The maximum absolute atomic E-state index is 3.54. The molecule has 5 aromatic rings. The van der Waals surface area contributed by atoms with Crippen LogP contribution in [0.2, 0.25) is 0 Å². The summed E-state index contributed by atoms with van der Waals surface area (Å²) in [7, 11) is 0. The van der Waals surface area contributed by atoms with Crippen LogP contribution in [0.4, 0.5) is 0 Å².